The molecular formula is C16H17FN2O2. The van der Waals surface area contributed by atoms with Crippen LogP contribution in [0.25, 0.3) is 0 Å². The largest absolute Gasteiger partial charge is 0.324 e. The van der Waals surface area contributed by atoms with Crippen molar-refractivity contribution in [2.75, 3.05) is 5.32 Å². The van der Waals surface area contributed by atoms with Gasteiger partial charge in [-0.3, -0.25) is 9.59 Å². The SMILES string of the molecule is CC(C)c1ccccc1NC(=O)Cn1cc(F)ccc1=O. The van der Waals surface area contributed by atoms with Gasteiger partial charge in [-0.15, -0.1) is 0 Å². The maximum atomic E-state index is 13.1. The van der Waals surface area contributed by atoms with Gasteiger partial charge in [0.05, 0.1) is 0 Å². The molecule has 0 aliphatic heterocycles. The van der Waals surface area contributed by atoms with Crippen LogP contribution in [0.3, 0.4) is 0 Å². The van der Waals surface area contributed by atoms with E-state index in [2.05, 4.69) is 5.32 Å². The number of benzene rings is 1. The number of hydrogen-bond acceptors (Lipinski definition) is 2. The first-order chi connectivity index (χ1) is 9.97. The van der Waals surface area contributed by atoms with Gasteiger partial charge in [-0.05, 0) is 23.6 Å². The molecule has 5 heteroatoms. The van der Waals surface area contributed by atoms with Crippen molar-refractivity contribution in [1.29, 1.82) is 0 Å². The lowest BCUT2D eigenvalue weighted by molar-refractivity contribution is -0.116. The van der Waals surface area contributed by atoms with Gasteiger partial charge in [0, 0.05) is 18.0 Å². The van der Waals surface area contributed by atoms with Gasteiger partial charge in [0.2, 0.25) is 5.91 Å². The molecule has 1 N–H and O–H groups in total. The Hall–Kier alpha value is -2.43. The zero-order valence-electron chi connectivity index (χ0n) is 12.0. The third kappa shape index (κ3) is 3.78. The molecule has 1 aromatic carbocycles. The molecule has 2 rings (SSSR count). The number of pyridine rings is 1. The molecule has 110 valence electrons. The number of aromatic nitrogens is 1. The molecule has 21 heavy (non-hydrogen) atoms. The molecule has 0 aliphatic carbocycles. The fraction of sp³-hybridized carbons (Fsp3) is 0.250. The number of carbonyl (C=O) groups excluding carboxylic acids is 1. The Labute approximate surface area is 122 Å². The average molecular weight is 288 g/mol. The molecule has 4 nitrogen and oxygen atoms in total. The Morgan fingerprint density at radius 2 is 1.95 bits per heavy atom. The van der Waals surface area contributed by atoms with Gasteiger partial charge in [0.15, 0.2) is 0 Å². The van der Waals surface area contributed by atoms with E-state index in [0.717, 1.165) is 28.5 Å². The van der Waals surface area contributed by atoms with Crippen molar-refractivity contribution in [2.45, 2.75) is 26.3 Å². The van der Waals surface area contributed by atoms with Crippen LogP contribution in [-0.2, 0) is 11.3 Å². The average Bonchev–Trinajstić information content (AvgIpc) is 2.43. The highest BCUT2D eigenvalue weighted by Crippen LogP contribution is 2.23. The lowest BCUT2D eigenvalue weighted by atomic mass is 10.0. The van der Waals surface area contributed by atoms with Gasteiger partial charge in [-0.25, -0.2) is 4.39 Å². The van der Waals surface area contributed by atoms with Crippen LogP contribution in [0.15, 0.2) is 47.4 Å². The molecule has 0 fully saturated rings. The molecule has 1 aromatic heterocycles. The highest BCUT2D eigenvalue weighted by atomic mass is 19.1. The Balaban J connectivity index is 2.16. The number of nitrogens with zero attached hydrogens (tertiary/aromatic N) is 1. The lowest BCUT2D eigenvalue weighted by Crippen LogP contribution is -2.27. The van der Waals surface area contributed by atoms with E-state index in [1.807, 2.05) is 38.1 Å². The van der Waals surface area contributed by atoms with Crippen molar-refractivity contribution in [3.8, 4) is 0 Å². The Bertz CT molecular complexity index is 707. The van der Waals surface area contributed by atoms with Crippen LogP contribution in [0.4, 0.5) is 10.1 Å². The third-order valence-corrected chi connectivity index (χ3v) is 3.12. The fourth-order valence-electron chi connectivity index (χ4n) is 2.08. The van der Waals surface area contributed by atoms with E-state index in [1.165, 1.54) is 0 Å². The van der Waals surface area contributed by atoms with E-state index in [9.17, 15) is 14.0 Å². The minimum absolute atomic E-state index is 0.219. The van der Waals surface area contributed by atoms with Crippen molar-refractivity contribution in [3.63, 3.8) is 0 Å². The summed E-state index contributed by atoms with van der Waals surface area (Å²) in [6, 6.07) is 9.66. The Morgan fingerprint density at radius 3 is 2.67 bits per heavy atom. The zero-order chi connectivity index (χ0) is 15.4. The number of amides is 1. The molecule has 0 unspecified atom stereocenters. The number of nitrogens with one attached hydrogen (secondary N) is 1. The number of halogens is 1. The second-order valence-electron chi connectivity index (χ2n) is 5.10. The predicted molar refractivity (Wildman–Crippen MR) is 79.8 cm³/mol. The molecular weight excluding hydrogens is 271 g/mol. The molecule has 0 radical (unpaired) electrons. The maximum Gasteiger partial charge on any atom is 0.251 e. The normalized spacial score (nSPS) is 10.7. The standard InChI is InChI=1S/C16H17FN2O2/c1-11(2)13-5-3-4-6-14(13)18-15(20)10-19-9-12(17)7-8-16(19)21/h3-9,11H,10H2,1-2H3,(H,18,20). The van der Waals surface area contributed by atoms with Crippen molar-refractivity contribution in [1.82, 2.24) is 4.57 Å². The van der Waals surface area contributed by atoms with Crippen LogP contribution in [0, 0.1) is 5.82 Å². The first-order valence-corrected chi connectivity index (χ1v) is 6.72. The minimum atomic E-state index is -0.551. The van der Waals surface area contributed by atoms with Gasteiger partial charge >= 0.3 is 0 Å². The monoisotopic (exact) mass is 288 g/mol. The van der Waals surface area contributed by atoms with Gasteiger partial charge in [-0.2, -0.15) is 0 Å². The molecule has 2 aromatic rings. The van der Waals surface area contributed by atoms with Crippen LogP contribution in [0.1, 0.15) is 25.3 Å². The molecule has 0 spiro atoms. The third-order valence-electron chi connectivity index (χ3n) is 3.12. The fourth-order valence-corrected chi connectivity index (χ4v) is 2.08. The van der Waals surface area contributed by atoms with Crippen molar-refractivity contribution in [3.05, 3.63) is 64.3 Å². The summed E-state index contributed by atoms with van der Waals surface area (Å²) in [4.78, 5) is 23.6. The number of para-hydroxylation sites is 1. The van der Waals surface area contributed by atoms with Crippen LogP contribution in [-0.4, -0.2) is 10.5 Å². The van der Waals surface area contributed by atoms with Gasteiger partial charge in [-0.1, -0.05) is 32.0 Å². The van der Waals surface area contributed by atoms with Gasteiger partial charge < -0.3 is 9.88 Å². The van der Waals surface area contributed by atoms with E-state index >= 15 is 0 Å². The summed E-state index contributed by atoms with van der Waals surface area (Å²) in [6.07, 6.45) is 1.02. The Morgan fingerprint density at radius 1 is 1.24 bits per heavy atom. The summed E-state index contributed by atoms with van der Waals surface area (Å²) < 4.78 is 14.1. The molecule has 0 bridgehead atoms. The van der Waals surface area contributed by atoms with Crippen LogP contribution in [0.5, 0.6) is 0 Å². The summed E-state index contributed by atoms with van der Waals surface area (Å²) in [7, 11) is 0. The zero-order valence-corrected chi connectivity index (χ0v) is 12.0. The number of rotatable bonds is 4. The van der Waals surface area contributed by atoms with Crippen LogP contribution < -0.4 is 10.9 Å². The summed E-state index contributed by atoms with van der Waals surface area (Å²) >= 11 is 0. The summed E-state index contributed by atoms with van der Waals surface area (Å²) in [6.45, 7) is 3.84. The number of hydrogen-bond donors (Lipinski definition) is 1. The minimum Gasteiger partial charge on any atom is -0.324 e. The van der Waals surface area contributed by atoms with Crippen LogP contribution in [0.2, 0.25) is 0 Å². The van der Waals surface area contributed by atoms with Crippen molar-refractivity contribution in [2.24, 2.45) is 0 Å². The maximum absolute atomic E-state index is 13.1. The molecule has 1 amide bonds. The smallest absolute Gasteiger partial charge is 0.251 e. The summed E-state index contributed by atoms with van der Waals surface area (Å²) in [5.41, 5.74) is 1.31. The highest BCUT2D eigenvalue weighted by molar-refractivity contribution is 5.91. The second kappa shape index (κ2) is 6.35. The van der Waals surface area contributed by atoms with E-state index in [4.69, 9.17) is 0 Å². The summed E-state index contributed by atoms with van der Waals surface area (Å²) in [5, 5.41) is 2.77. The first-order valence-electron chi connectivity index (χ1n) is 6.72. The lowest BCUT2D eigenvalue weighted by Gasteiger charge is -2.14. The number of carbonyl (C=O) groups is 1. The first kappa shape index (κ1) is 15.0. The topological polar surface area (TPSA) is 51.1 Å². The van der Waals surface area contributed by atoms with E-state index in [1.54, 1.807) is 0 Å². The van der Waals surface area contributed by atoms with E-state index < -0.39 is 11.4 Å². The number of anilines is 1. The van der Waals surface area contributed by atoms with Crippen molar-refractivity contribution < 1.29 is 9.18 Å². The van der Waals surface area contributed by atoms with E-state index in [0.29, 0.717) is 5.69 Å². The Kier molecular flexibility index (Phi) is 4.52. The van der Waals surface area contributed by atoms with Crippen LogP contribution >= 0.6 is 0 Å². The summed E-state index contributed by atoms with van der Waals surface area (Å²) in [5.74, 6) is -0.654. The molecule has 0 saturated heterocycles. The van der Waals surface area contributed by atoms with E-state index in [-0.39, 0.29) is 18.4 Å². The molecule has 1 heterocycles. The quantitative estimate of drug-likeness (QED) is 0.940. The highest BCUT2D eigenvalue weighted by Gasteiger charge is 2.10. The second-order valence-corrected chi connectivity index (χ2v) is 5.10. The van der Waals surface area contributed by atoms with Gasteiger partial charge in [0.1, 0.15) is 12.4 Å². The van der Waals surface area contributed by atoms with Crippen molar-refractivity contribution >= 4 is 11.6 Å². The van der Waals surface area contributed by atoms with Gasteiger partial charge in [0.25, 0.3) is 5.56 Å². The molecule has 0 aliphatic rings. The predicted octanol–water partition coefficient (Wildman–Crippen LogP) is 2.75. The molecule has 0 atom stereocenters. The molecule has 0 saturated carbocycles.